The molecule has 0 aliphatic carbocycles. The summed E-state index contributed by atoms with van der Waals surface area (Å²) in [6, 6.07) is 0. The van der Waals surface area contributed by atoms with Crippen molar-refractivity contribution < 1.29 is 14.3 Å². The molecule has 3 heteroatoms. The first-order chi connectivity index (χ1) is 7.13. The third-order valence-corrected chi connectivity index (χ3v) is 2.23. The minimum Gasteiger partial charge on any atom is -0.463 e. The van der Waals surface area contributed by atoms with Crippen molar-refractivity contribution in [3.8, 4) is 11.8 Å². The minimum absolute atomic E-state index is 0.0928. The van der Waals surface area contributed by atoms with Crippen molar-refractivity contribution in [2.24, 2.45) is 5.92 Å². The van der Waals surface area contributed by atoms with E-state index in [1.165, 1.54) is 6.92 Å². The second-order valence-corrected chi connectivity index (χ2v) is 3.54. The summed E-state index contributed by atoms with van der Waals surface area (Å²) in [6.45, 7) is 5.49. The van der Waals surface area contributed by atoms with Crippen LogP contribution in [0.1, 0.15) is 20.8 Å². The molecule has 0 bridgehead atoms. The van der Waals surface area contributed by atoms with Crippen molar-refractivity contribution in [2.45, 2.75) is 33.0 Å². The quantitative estimate of drug-likeness (QED) is 0.392. The molecule has 1 rings (SSSR count). The van der Waals surface area contributed by atoms with Crippen molar-refractivity contribution >= 4 is 5.97 Å². The molecule has 0 spiro atoms. The van der Waals surface area contributed by atoms with Gasteiger partial charge in [0.25, 0.3) is 0 Å². The predicted octanol–water partition coefficient (Wildman–Crippen LogP) is 1.53. The smallest absolute Gasteiger partial charge is 0.302 e. The molecule has 0 aromatic heterocycles. The molecular weight excluding hydrogens is 192 g/mol. The van der Waals surface area contributed by atoms with Crippen molar-refractivity contribution in [3.05, 3.63) is 12.2 Å². The Labute approximate surface area is 90.4 Å². The van der Waals surface area contributed by atoms with Gasteiger partial charge in [-0.2, -0.15) is 0 Å². The molecule has 3 atom stereocenters. The lowest BCUT2D eigenvalue weighted by Crippen LogP contribution is -2.33. The first-order valence-electron chi connectivity index (χ1n) is 5.03. The molecule has 3 nitrogen and oxygen atoms in total. The van der Waals surface area contributed by atoms with E-state index in [0.29, 0.717) is 6.61 Å². The first kappa shape index (κ1) is 11.8. The minimum atomic E-state index is -0.279. The van der Waals surface area contributed by atoms with Crippen LogP contribution < -0.4 is 0 Å². The number of hydrogen-bond acceptors (Lipinski definition) is 3. The van der Waals surface area contributed by atoms with Gasteiger partial charge in [0.15, 0.2) is 0 Å². The summed E-state index contributed by atoms with van der Waals surface area (Å²) in [4.78, 5) is 10.7. The van der Waals surface area contributed by atoms with Crippen LogP contribution in [0.3, 0.4) is 0 Å². The van der Waals surface area contributed by atoms with E-state index >= 15 is 0 Å². The van der Waals surface area contributed by atoms with Crippen molar-refractivity contribution in [1.82, 2.24) is 0 Å². The van der Waals surface area contributed by atoms with Crippen LogP contribution >= 0.6 is 0 Å². The largest absolute Gasteiger partial charge is 0.463 e. The van der Waals surface area contributed by atoms with E-state index in [-0.39, 0.29) is 24.1 Å². The molecule has 0 radical (unpaired) electrons. The van der Waals surface area contributed by atoms with Gasteiger partial charge in [0, 0.05) is 12.8 Å². The van der Waals surface area contributed by atoms with Crippen LogP contribution in [0.25, 0.3) is 0 Å². The predicted molar refractivity (Wildman–Crippen MR) is 57.0 cm³/mol. The fourth-order valence-electron chi connectivity index (χ4n) is 1.37. The molecule has 0 saturated carbocycles. The van der Waals surface area contributed by atoms with Crippen LogP contribution in [-0.2, 0) is 14.3 Å². The maximum atomic E-state index is 10.7. The molecule has 0 aromatic rings. The topological polar surface area (TPSA) is 35.5 Å². The van der Waals surface area contributed by atoms with Crippen LogP contribution in [-0.4, -0.2) is 24.8 Å². The van der Waals surface area contributed by atoms with Gasteiger partial charge in [-0.25, -0.2) is 0 Å². The van der Waals surface area contributed by atoms with Crippen molar-refractivity contribution in [3.63, 3.8) is 0 Å². The molecule has 82 valence electrons. The second-order valence-electron chi connectivity index (χ2n) is 3.54. The highest BCUT2D eigenvalue weighted by atomic mass is 16.6. The Morgan fingerprint density at radius 1 is 1.53 bits per heavy atom. The number of ether oxygens (including phenoxy) is 2. The van der Waals surface area contributed by atoms with Gasteiger partial charge >= 0.3 is 5.97 Å². The molecule has 1 unspecified atom stereocenters. The molecule has 0 amide bonds. The van der Waals surface area contributed by atoms with E-state index in [2.05, 4.69) is 11.8 Å². The van der Waals surface area contributed by atoms with E-state index in [0.717, 1.165) is 0 Å². The molecule has 1 aliphatic rings. The van der Waals surface area contributed by atoms with E-state index in [1.54, 1.807) is 6.92 Å². The van der Waals surface area contributed by atoms with E-state index < -0.39 is 0 Å². The summed E-state index contributed by atoms with van der Waals surface area (Å²) in [5.74, 6) is 5.70. The van der Waals surface area contributed by atoms with Crippen LogP contribution in [0.2, 0.25) is 0 Å². The molecule has 1 heterocycles. The third-order valence-electron chi connectivity index (χ3n) is 2.23. The van der Waals surface area contributed by atoms with Gasteiger partial charge in [0.2, 0.25) is 0 Å². The van der Waals surface area contributed by atoms with E-state index in [9.17, 15) is 4.79 Å². The molecule has 15 heavy (non-hydrogen) atoms. The van der Waals surface area contributed by atoms with Gasteiger partial charge in [-0.05, 0) is 13.0 Å². The number of esters is 1. The summed E-state index contributed by atoms with van der Waals surface area (Å²) < 4.78 is 10.6. The van der Waals surface area contributed by atoms with Gasteiger partial charge in [-0.3, -0.25) is 4.79 Å². The lowest BCUT2D eigenvalue weighted by atomic mass is 10.0. The lowest BCUT2D eigenvalue weighted by molar-refractivity contribution is -0.147. The van der Waals surface area contributed by atoms with Crippen LogP contribution in [0.15, 0.2) is 12.2 Å². The lowest BCUT2D eigenvalue weighted by Gasteiger charge is -2.27. The summed E-state index contributed by atoms with van der Waals surface area (Å²) >= 11 is 0. The standard InChI is InChI=1S/C12H16O3/c1-4-5-11-7-6-9(2)12(15-11)8-14-10(3)13/h6-7,9,11-12H,8H2,1-3H3/t9?,11-,12-/m1/s1. The van der Waals surface area contributed by atoms with Crippen LogP contribution in [0, 0.1) is 17.8 Å². The summed E-state index contributed by atoms with van der Waals surface area (Å²) in [5.41, 5.74) is 0. The zero-order valence-corrected chi connectivity index (χ0v) is 9.32. The van der Waals surface area contributed by atoms with Crippen molar-refractivity contribution in [2.75, 3.05) is 6.61 Å². The zero-order valence-electron chi connectivity index (χ0n) is 9.32. The van der Waals surface area contributed by atoms with Gasteiger partial charge < -0.3 is 9.47 Å². The van der Waals surface area contributed by atoms with E-state index in [4.69, 9.17) is 9.47 Å². The number of carbonyl (C=O) groups is 1. The first-order valence-corrected chi connectivity index (χ1v) is 5.03. The Bertz CT molecular complexity index is 309. The van der Waals surface area contributed by atoms with Gasteiger partial charge in [-0.1, -0.05) is 18.9 Å². The zero-order chi connectivity index (χ0) is 11.3. The Morgan fingerprint density at radius 2 is 2.27 bits per heavy atom. The average molecular weight is 208 g/mol. The highest BCUT2D eigenvalue weighted by molar-refractivity contribution is 5.65. The van der Waals surface area contributed by atoms with Gasteiger partial charge in [0.1, 0.15) is 12.7 Å². The Balaban J connectivity index is 2.53. The Hall–Kier alpha value is -1.27. The summed E-state index contributed by atoms with van der Waals surface area (Å²) in [5, 5.41) is 0. The highest BCUT2D eigenvalue weighted by Gasteiger charge is 2.24. The van der Waals surface area contributed by atoms with Crippen molar-refractivity contribution in [1.29, 1.82) is 0 Å². The Morgan fingerprint density at radius 3 is 2.87 bits per heavy atom. The summed E-state index contributed by atoms with van der Waals surface area (Å²) in [6.07, 6.45) is 3.72. The molecule has 0 aromatic carbocycles. The van der Waals surface area contributed by atoms with Gasteiger partial charge in [0.05, 0.1) is 6.10 Å². The fraction of sp³-hybridized carbons (Fsp3) is 0.583. The second kappa shape index (κ2) is 5.57. The number of rotatable bonds is 2. The molecular formula is C12H16O3. The van der Waals surface area contributed by atoms with Gasteiger partial charge in [-0.15, -0.1) is 5.92 Å². The van der Waals surface area contributed by atoms with Crippen LogP contribution in [0.5, 0.6) is 0 Å². The third kappa shape index (κ3) is 3.77. The number of hydrogen-bond donors (Lipinski definition) is 0. The fourth-order valence-corrected chi connectivity index (χ4v) is 1.37. The molecule has 0 N–H and O–H groups in total. The Kier molecular flexibility index (Phi) is 4.38. The highest BCUT2D eigenvalue weighted by Crippen LogP contribution is 2.18. The normalized spacial score (nSPS) is 29.1. The SMILES string of the molecule is CC#C[C@@H]1C=CC(C)[C@@H](COC(C)=O)O1. The monoisotopic (exact) mass is 208 g/mol. The molecule has 0 saturated heterocycles. The maximum absolute atomic E-state index is 10.7. The van der Waals surface area contributed by atoms with E-state index in [1.807, 2.05) is 19.1 Å². The van der Waals surface area contributed by atoms with Crippen LogP contribution in [0.4, 0.5) is 0 Å². The molecule has 1 aliphatic heterocycles. The number of carbonyl (C=O) groups excluding carboxylic acids is 1. The maximum Gasteiger partial charge on any atom is 0.302 e. The summed E-state index contributed by atoms with van der Waals surface area (Å²) in [7, 11) is 0. The molecule has 0 fully saturated rings. The average Bonchev–Trinajstić information content (AvgIpc) is 2.19.